The number of rotatable bonds is 4. The van der Waals surface area contributed by atoms with Gasteiger partial charge in [-0.2, -0.15) is 26.3 Å². The molecule has 1 aromatic rings. The van der Waals surface area contributed by atoms with Crippen LogP contribution in [-0.4, -0.2) is 32.3 Å². The van der Waals surface area contributed by atoms with Crippen LogP contribution in [0.5, 0.6) is 0 Å². The Morgan fingerprint density at radius 2 is 1.54 bits per heavy atom. The molecule has 1 aliphatic heterocycles. The molecule has 2 rings (SSSR count). The van der Waals surface area contributed by atoms with Crippen LogP contribution in [0.4, 0.5) is 26.3 Å². The molecule has 9 heteroatoms. The molecule has 1 heterocycles. The lowest BCUT2D eigenvalue weighted by Gasteiger charge is -2.33. The Morgan fingerprint density at radius 3 is 1.91 bits per heavy atom. The Morgan fingerprint density at radius 1 is 1.06 bits per heavy atom. The molecule has 0 aromatic heterocycles. The van der Waals surface area contributed by atoms with Gasteiger partial charge in [0.15, 0.2) is 5.78 Å². The molecule has 0 saturated heterocycles. The molecular formula is C26H32F6O3. The topological polar surface area (TPSA) is 35.5 Å². The zero-order valence-corrected chi connectivity index (χ0v) is 20.5. The highest BCUT2D eigenvalue weighted by Crippen LogP contribution is 2.42. The molecule has 3 nitrogen and oxygen atoms in total. The van der Waals surface area contributed by atoms with Crippen LogP contribution in [0, 0.1) is 5.92 Å². The van der Waals surface area contributed by atoms with Gasteiger partial charge in [-0.05, 0) is 30.7 Å². The predicted octanol–water partition coefficient (Wildman–Crippen LogP) is 7.97. The molecule has 0 spiro atoms. The summed E-state index contributed by atoms with van der Waals surface area (Å²) in [5.41, 5.74) is -3.08. The number of halogens is 6. The summed E-state index contributed by atoms with van der Waals surface area (Å²) in [6.07, 6.45) is -7.16. The Bertz CT molecular complexity index is 895. The third kappa shape index (κ3) is 9.98. The number of Topliss-reactive ketones (excluding diaryl/α,β-unsaturated/α-hetero) is 1. The van der Waals surface area contributed by atoms with Gasteiger partial charge in [-0.1, -0.05) is 57.9 Å². The maximum absolute atomic E-state index is 13.1. The first-order chi connectivity index (χ1) is 16.2. The van der Waals surface area contributed by atoms with Crippen molar-refractivity contribution in [3.63, 3.8) is 0 Å². The van der Waals surface area contributed by atoms with Gasteiger partial charge < -0.3 is 9.47 Å². The van der Waals surface area contributed by atoms with Crippen LogP contribution in [0.2, 0.25) is 0 Å². The lowest BCUT2D eigenvalue weighted by atomic mass is 9.81. The molecule has 2 atom stereocenters. The van der Waals surface area contributed by atoms with E-state index in [2.05, 4.69) is 31.1 Å². The molecule has 0 saturated carbocycles. The van der Waals surface area contributed by atoms with E-state index in [0.29, 0.717) is 6.07 Å². The number of hydrogen-bond donors (Lipinski definition) is 0. The van der Waals surface area contributed by atoms with Crippen molar-refractivity contribution in [1.82, 2.24) is 0 Å². The summed E-state index contributed by atoms with van der Waals surface area (Å²) in [5, 5.41) is 0. The third-order valence-corrected chi connectivity index (χ3v) is 4.00. The molecule has 35 heavy (non-hydrogen) atoms. The molecular weight excluding hydrogens is 474 g/mol. The minimum atomic E-state index is -4.89. The second-order valence-electron chi connectivity index (χ2n) is 6.52. The molecule has 0 N–H and O–H groups in total. The van der Waals surface area contributed by atoms with Crippen molar-refractivity contribution < 1.29 is 40.6 Å². The first kappa shape index (κ1) is 34.1. The minimum absolute atomic E-state index is 0.226. The normalized spacial score (nSPS) is 17.2. The smallest absolute Gasteiger partial charge is 0.416 e. The highest BCUT2D eigenvalue weighted by Gasteiger charge is 2.47. The van der Waals surface area contributed by atoms with Crippen LogP contribution < -0.4 is 0 Å². The summed E-state index contributed by atoms with van der Waals surface area (Å²) in [6.45, 7) is 19.0. The first-order valence-corrected chi connectivity index (χ1v) is 10.4. The van der Waals surface area contributed by atoms with E-state index in [4.69, 9.17) is 4.74 Å². The number of hydrogen-bond acceptors (Lipinski definition) is 3. The van der Waals surface area contributed by atoms with Crippen LogP contribution in [0.25, 0.3) is 5.57 Å². The van der Waals surface area contributed by atoms with Crippen molar-refractivity contribution in [2.45, 2.75) is 39.2 Å². The first-order valence-electron chi connectivity index (χ1n) is 10.4. The van der Waals surface area contributed by atoms with E-state index < -0.39 is 46.9 Å². The molecule has 196 valence electrons. The number of allylic oxidation sites excluding steroid dienone is 3. The highest BCUT2D eigenvalue weighted by atomic mass is 19.4. The number of benzene rings is 1. The Hall–Kier alpha value is -3.07. The van der Waals surface area contributed by atoms with Gasteiger partial charge in [0.25, 0.3) is 0 Å². The summed E-state index contributed by atoms with van der Waals surface area (Å²) in [7, 11) is 3.25. The van der Waals surface area contributed by atoms with Crippen molar-refractivity contribution in [2.75, 3.05) is 14.2 Å². The van der Waals surface area contributed by atoms with E-state index in [0.717, 1.165) is 24.3 Å². The maximum atomic E-state index is 13.1. The number of methoxy groups -OCH3 is 1. The van der Waals surface area contributed by atoms with Crippen LogP contribution >= 0.6 is 0 Å². The van der Waals surface area contributed by atoms with Crippen molar-refractivity contribution >= 4 is 11.4 Å². The van der Waals surface area contributed by atoms with E-state index in [1.807, 2.05) is 20.8 Å². The quantitative estimate of drug-likeness (QED) is 0.307. The monoisotopic (exact) mass is 506 g/mol. The minimum Gasteiger partial charge on any atom is -0.484 e. The van der Waals surface area contributed by atoms with Crippen LogP contribution in [0.1, 0.15) is 31.9 Å². The van der Waals surface area contributed by atoms with Crippen LogP contribution in [-0.2, 0) is 20.4 Å². The summed E-state index contributed by atoms with van der Waals surface area (Å²) in [6, 6.07) is 3.68. The number of ether oxygens (including phenoxy) is 2. The third-order valence-electron chi connectivity index (χ3n) is 4.00. The van der Waals surface area contributed by atoms with E-state index in [9.17, 15) is 31.1 Å². The van der Waals surface area contributed by atoms with Gasteiger partial charge in [-0.3, -0.25) is 4.79 Å². The molecule has 0 aliphatic carbocycles. The number of carbonyl (C=O) groups excluding carboxylic acids is 1. The Labute approximate surface area is 203 Å². The van der Waals surface area contributed by atoms with E-state index in [1.54, 1.807) is 20.3 Å². The van der Waals surface area contributed by atoms with Gasteiger partial charge >= 0.3 is 12.4 Å². The fourth-order valence-corrected chi connectivity index (χ4v) is 2.70. The average Bonchev–Trinajstić information content (AvgIpc) is 2.79. The van der Waals surface area contributed by atoms with E-state index in [1.165, 1.54) is 6.07 Å². The zero-order chi connectivity index (χ0) is 28.0. The SMILES string of the molecule is C=CC.C=CC1=C(c2cccc(C(F)(F)F)c2)C(=O)C(C(=C)C(F)(F)F)C(C=C)O1.CC.COC. The van der Waals surface area contributed by atoms with Gasteiger partial charge in [0.2, 0.25) is 0 Å². The summed E-state index contributed by atoms with van der Waals surface area (Å²) >= 11 is 0. The highest BCUT2D eigenvalue weighted by molar-refractivity contribution is 6.24. The summed E-state index contributed by atoms with van der Waals surface area (Å²) in [5.74, 6) is -3.16. The van der Waals surface area contributed by atoms with Crippen LogP contribution in [0.3, 0.4) is 0 Å². The van der Waals surface area contributed by atoms with Crippen molar-refractivity contribution in [3.8, 4) is 0 Å². The zero-order valence-electron chi connectivity index (χ0n) is 20.5. The second kappa shape index (κ2) is 15.8. The lowest BCUT2D eigenvalue weighted by molar-refractivity contribution is -0.137. The van der Waals surface area contributed by atoms with Crippen molar-refractivity contribution in [1.29, 1.82) is 0 Å². The number of carbonyl (C=O) groups is 1. The fraction of sp³-hybridized carbons (Fsp3) is 0.346. The summed E-state index contributed by atoms with van der Waals surface area (Å²) < 4.78 is 87.8. The predicted molar refractivity (Wildman–Crippen MR) is 127 cm³/mol. The second-order valence-corrected chi connectivity index (χ2v) is 6.52. The van der Waals surface area contributed by atoms with E-state index >= 15 is 0 Å². The lowest BCUT2D eigenvalue weighted by Crippen LogP contribution is -2.39. The van der Waals surface area contributed by atoms with Crippen molar-refractivity contribution in [3.05, 3.63) is 91.3 Å². The van der Waals surface area contributed by atoms with Gasteiger partial charge in [0.1, 0.15) is 11.9 Å². The van der Waals surface area contributed by atoms with Gasteiger partial charge in [-0.25, -0.2) is 0 Å². The van der Waals surface area contributed by atoms with Crippen molar-refractivity contribution in [2.24, 2.45) is 5.92 Å². The molecule has 0 fully saturated rings. The molecule has 0 radical (unpaired) electrons. The molecule has 1 aliphatic rings. The molecule has 0 bridgehead atoms. The average molecular weight is 507 g/mol. The molecule has 1 aromatic carbocycles. The number of ketones is 1. The van der Waals surface area contributed by atoms with E-state index in [-0.39, 0.29) is 11.3 Å². The maximum Gasteiger partial charge on any atom is 0.416 e. The van der Waals surface area contributed by atoms with Gasteiger partial charge in [0, 0.05) is 19.8 Å². The van der Waals surface area contributed by atoms with Gasteiger partial charge in [-0.15, -0.1) is 6.58 Å². The Balaban J connectivity index is 0. The summed E-state index contributed by atoms with van der Waals surface area (Å²) in [4.78, 5) is 12.8. The fourth-order valence-electron chi connectivity index (χ4n) is 2.70. The Kier molecular flexibility index (Phi) is 15.4. The van der Waals surface area contributed by atoms with Gasteiger partial charge in [0.05, 0.1) is 17.1 Å². The standard InChI is InChI=1S/C19H14F6O2.C3H6.C2H6O.C2H6/c1-4-13-15(10(3)18(20,21)22)17(26)16(14(5-2)27-13)11-7-6-8-12(9-11)19(23,24)25;2*1-3-2;1-2/h4-9,13,15H,1-3H2;3H,1H2,2H3;1-2H3;1-2H3. The molecule has 2 unspecified atom stereocenters. The van der Waals surface area contributed by atoms with Crippen LogP contribution in [0.15, 0.2) is 80.1 Å². The largest absolute Gasteiger partial charge is 0.484 e. The number of alkyl halides is 6. The molecule has 0 amide bonds.